The summed E-state index contributed by atoms with van der Waals surface area (Å²) in [6.07, 6.45) is 2.26. The van der Waals surface area contributed by atoms with Crippen molar-refractivity contribution in [2.75, 3.05) is 5.75 Å². The Kier molecular flexibility index (Phi) is 5.91. The van der Waals surface area contributed by atoms with Crippen LogP contribution in [0.3, 0.4) is 0 Å². The number of hydrogen-bond donors (Lipinski definition) is 0. The topological polar surface area (TPSA) is 52.6 Å². The largest absolute Gasteiger partial charge is 0.491 e. The lowest BCUT2D eigenvalue weighted by Crippen LogP contribution is -2.41. The Morgan fingerprint density at radius 2 is 1.84 bits per heavy atom. The minimum absolute atomic E-state index is 0.0514. The van der Waals surface area contributed by atoms with Gasteiger partial charge < -0.3 is 9.31 Å². The van der Waals surface area contributed by atoms with E-state index in [1.165, 1.54) is 25.1 Å². The fraction of sp³-hybridized carbons (Fsp3) is 0.444. The van der Waals surface area contributed by atoms with Crippen LogP contribution in [0.4, 0.5) is 4.39 Å². The molecule has 1 fully saturated rings. The molecule has 0 amide bonds. The van der Waals surface area contributed by atoms with Crippen LogP contribution >= 0.6 is 11.8 Å². The molecule has 0 atom stereocenters. The van der Waals surface area contributed by atoms with Gasteiger partial charge in [0.2, 0.25) is 0 Å². The molecule has 4 nitrogen and oxygen atoms in total. The molecule has 1 saturated heterocycles. The van der Waals surface area contributed by atoms with Gasteiger partial charge in [0.05, 0.1) is 11.2 Å². The lowest BCUT2D eigenvalue weighted by atomic mass is 9.78. The molecule has 0 bridgehead atoms. The minimum atomic E-state index is -0.684. The first kappa shape index (κ1) is 19.9. The molecule has 0 aromatic heterocycles. The maximum Gasteiger partial charge on any atom is 0.491 e. The third-order valence-corrected chi connectivity index (χ3v) is 5.38. The first-order valence-electron chi connectivity index (χ1n) is 8.00. The monoisotopic (exact) mass is 364 g/mol. The van der Waals surface area contributed by atoms with E-state index in [1.54, 1.807) is 6.08 Å². The fourth-order valence-electron chi connectivity index (χ4n) is 2.30. The van der Waals surface area contributed by atoms with Crippen molar-refractivity contribution in [2.45, 2.75) is 45.8 Å². The molecular formula is C18H22BFO4S. The third kappa shape index (κ3) is 4.60. The van der Waals surface area contributed by atoms with E-state index in [-0.39, 0.29) is 10.7 Å². The molecule has 0 spiro atoms. The van der Waals surface area contributed by atoms with E-state index in [0.717, 1.165) is 11.8 Å². The van der Waals surface area contributed by atoms with E-state index < -0.39 is 24.1 Å². The molecule has 0 unspecified atom stereocenters. The van der Waals surface area contributed by atoms with Crippen molar-refractivity contribution in [1.82, 2.24) is 0 Å². The molecular weight excluding hydrogens is 342 g/mol. The number of halogens is 1. The highest BCUT2D eigenvalue weighted by Gasteiger charge is 2.52. The summed E-state index contributed by atoms with van der Waals surface area (Å²) >= 11 is 1.10. The zero-order valence-corrected chi connectivity index (χ0v) is 15.9. The molecule has 0 radical (unpaired) electrons. The molecule has 7 heteroatoms. The number of rotatable bonds is 5. The van der Waals surface area contributed by atoms with Crippen LogP contribution in [0.5, 0.6) is 0 Å². The Bertz CT molecular complexity index is 699. The van der Waals surface area contributed by atoms with E-state index in [4.69, 9.17) is 9.31 Å². The Morgan fingerprint density at radius 1 is 1.24 bits per heavy atom. The van der Waals surface area contributed by atoms with Crippen molar-refractivity contribution < 1.29 is 23.3 Å². The number of benzene rings is 1. The van der Waals surface area contributed by atoms with Crippen LogP contribution in [0.25, 0.3) is 6.08 Å². The Labute approximate surface area is 152 Å². The van der Waals surface area contributed by atoms with Gasteiger partial charge in [0.1, 0.15) is 12.1 Å². The van der Waals surface area contributed by atoms with Crippen LogP contribution in [-0.4, -0.2) is 35.5 Å². The van der Waals surface area contributed by atoms with Crippen LogP contribution in [0, 0.1) is 5.82 Å². The highest BCUT2D eigenvalue weighted by molar-refractivity contribution is 8.13. The Balaban J connectivity index is 2.40. The van der Waals surface area contributed by atoms with Crippen LogP contribution < -0.4 is 0 Å². The highest BCUT2D eigenvalue weighted by Crippen LogP contribution is 2.39. The average molecular weight is 364 g/mol. The SMILES string of the molecule is CC(=O)SCC(=Cc1cc(C=O)ccc1F)B1OC(C)(C)C(C)(C)O1. The van der Waals surface area contributed by atoms with Gasteiger partial charge in [0, 0.05) is 23.8 Å². The normalized spacial score (nSPS) is 19.1. The molecule has 1 aliphatic heterocycles. The summed E-state index contributed by atoms with van der Waals surface area (Å²) in [6.45, 7) is 9.18. The lowest BCUT2D eigenvalue weighted by Gasteiger charge is -2.32. The molecule has 1 aromatic rings. The van der Waals surface area contributed by atoms with Gasteiger partial charge in [-0.15, -0.1) is 0 Å². The summed E-state index contributed by atoms with van der Waals surface area (Å²) in [7, 11) is -0.684. The minimum Gasteiger partial charge on any atom is -0.400 e. The molecule has 1 heterocycles. The predicted molar refractivity (Wildman–Crippen MR) is 99.0 cm³/mol. The van der Waals surface area contributed by atoms with Crippen LogP contribution in [0.2, 0.25) is 0 Å². The average Bonchev–Trinajstić information content (AvgIpc) is 2.73. The van der Waals surface area contributed by atoms with Crippen molar-refractivity contribution in [2.24, 2.45) is 0 Å². The smallest absolute Gasteiger partial charge is 0.400 e. The quantitative estimate of drug-likeness (QED) is 0.585. The Hall–Kier alpha value is -1.44. The molecule has 0 saturated carbocycles. The molecule has 1 aliphatic rings. The van der Waals surface area contributed by atoms with Gasteiger partial charge in [-0.2, -0.15) is 0 Å². The number of aldehydes is 1. The zero-order valence-electron chi connectivity index (χ0n) is 15.1. The van der Waals surface area contributed by atoms with Crippen molar-refractivity contribution >= 4 is 36.4 Å². The van der Waals surface area contributed by atoms with E-state index in [2.05, 4.69) is 0 Å². The second kappa shape index (κ2) is 7.44. The highest BCUT2D eigenvalue weighted by atomic mass is 32.2. The van der Waals surface area contributed by atoms with Crippen molar-refractivity contribution in [3.63, 3.8) is 0 Å². The van der Waals surface area contributed by atoms with Crippen LogP contribution in [-0.2, 0) is 14.1 Å². The van der Waals surface area contributed by atoms with Crippen molar-refractivity contribution in [3.05, 3.63) is 40.6 Å². The Morgan fingerprint density at radius 3 is 2.36 bits per heavy atom. The van der Waals surface area contributed by atoms with E-state index in [9.17, 15) is 14.0 Å². The molecule has 25 heavy (non-hydrogen) atoms. The first-order valence-corrected chi connectivity index (χ1v) is 8.98. The van der Waals surface area contributed by atoms with E-state index >= 15 is 0 Å². The summed E-state index contributed by atoms with van der Waals surface area (Å²) < 4.78 is 26.2. The number of thioether (sulfide) groups is 1. The zero-order chi connectivity index (χ0) is 18.8. The lowest BCUT2D eigenvalue weighted by molar-refractivity contribution is -0.109. The predicted octanol–water partition coefficient (Wildman–Crippen LogP) is 3.93. The molecule has 2 rings (SSSR count). The first-order chi connectivity index (χ1) is 11.6. The van der Waals surface area contributed by atoms with Gasteiger partial charge in [-0.05, 0) is 51.4 Å². The van der Waals surface area contributed by atoms with E-state index in [1.807, 2.05) is 27.7 Å². The molecule has 0 aliphatic carbocycles. The van der Waals surface area contributed by atoms with Crippen molar-refractivity contribution in [1.29, 1.82) is 0 Å². The maximum absolute atomic E-state index is 14.1. The second-order valence-electron chi connectivity index (χ2n) is 6.99. The van der Waals surface area contributed by atoms with Gasteiger partial charge in [-0.25, -0.2) is 4.39 Å². The molecule has 0 N–H and O–H groups in total. The summed E-state index contributed by atoms with van der Waals surface area (Å²) in [6, 6.07) is 4.13. The standard InChI is InChI=1S/C18H22BFO4S/c1-12(22)25-11-15(19-23-17(2,3)18(4,5)24-19)9-14-8-13(10-21)6-7-16(14)20/h6-10H,11H2,1-5H3. The number of hydrogen-bond acceptors (Lipinski definition) is 5. The summed E-state index contributed by atoms with van der Waals surface area (Å²) in [5.41, 5.74) is 0.196. The maximum atomic E-state index is 14.1. The van der Waals surface area contributed by atoms with Gasteiger partial charge in [-0.1, -0.05) is 17.8 Å². The molecule has 1 aromatic carbocycles. The fourth-order valence-corrected chi connectivity index (χ4v) is 2.89. The van der Waals surface area contributed by atoms with Crippen LogP contribution in [0.1, 0.15) is 50.5 Å². The summed E-state index contributed by atoms with van der Waals surface area (Å²) in [5, 5.41) is -0.0514. The number of carbonyl (C=O) groups is 2. The van der Waals surface area contributed by atoms with Gasteiger partial charge >= 0.3 is 7.12 Å². The van der Waals surface area contributed by atoms with Gasteiger partial charge in [0.25, 0.3) is 0 Å². The molecule has 134 valence electrons. The number of carbonyl (C=O) groups excluding carboxylic acids is 2. The van der Waals surface area contributed by atoms with Crippen molar-refractivity contribution in [3.8, 4) is 0 Å². The summed E-state index contributed by atoms with van der Waals surface area (Å²) in [4.78, 5) is 22.3. The van der Waals surface area contributed by atoms with Gasteiger partial charge in [-0.3, -0.25) is 9.59 Å². The van der Waals surface area contributed by atoms with Gasteiger partial charge in [0.15, 0.2) is 5.12 Å². The van der Waals surface area contributed by atoms with Crippen LogP contribution in [0.15, 0.2) is 23.7 Å². The second-order valence-corrected chi connectivity index (χ2v) is 8.14. The third-order valence-electron chi connectivity index (χ3n) is 4.50. The summed E-state index contributed by atoms with van der Waals surface area (Å²) in [5.74, 6) is -0.135. The van der Waals surface area contributed by atoms with E-state index in [0.29, 0.717) is 23.1 Å².